The van der Waals surface area contributed by atoms with Crippen molar-refractivity contribution in [2.24, 2.45) is 0 Å². The van der Waals surface area contributed by atoms with Crippen molar-refractivity contribution in [3.8, 4) is 0 Å². The lowest BCUT2D eigenvalue weighted by Gasteiger charge is -2.22. The molecule has 1 saturated heterocycles. The van der Waals surface area contributed by atoms with Crippen LogP contribution in [0.15, 0.2) is 12.7 Å². The van der Waals surface area contributed by atoms with Crippen LogP contribution in [0, 0.1) is 0 Å². The average Bonchev–Trinajstić information content (AvgIpc) is 2.98. The minimum atomic E-state index is -4.48. The molecule has 0 amide bonds. The second kappa shape index (κ2) is 4.97. The van der Waals surface area contributed by atoms with Gasteiger partial charge >= 0.3 is 0 Å². The van der Waals surface area contributed by atoms with Crippen molar-refractivity contribution in [2.75, 3.05) is 11.5 Å². The second-order valence-electron chi connectivity index (χ2n) is 4.29. The minimum Gasteiger partial charge on any atom is -0.776 e. The summed E-state index contributed by atoms with van der Waals surface area (Å²) in [6.45, 7) is 0.371. The highest BCUT2D eigenvalue weighted by molar-refractivity contribution is 8.05. The van der Waals surface area contributed by atoms with Gasteiger partial charge in [0.1, 0.15) is 11.8 Å². The number of hydrogen-bond donors (Lipinski definition) is 2. The Morgan fingerprint density at radius 2 is 2.40 bits per heavy atom. The van der Waals surface area contributed by atoms with Gasteiger partial charge in [-0.15, -0.1) is 11.8 Å². The molecule has 0 saturated carbocycles. The molecule has 2 aromatic heterocycles. The van der Waals surface area contributed by atoms with Crippen LogP contribution in [0.25, 0.3) is 11.2 Å². The zero-order valence-electron chi connectivity index (χ0n) is 10.1. The van der Waals surface area contributed by atoms with E-state index in [0.29, 0.717) is 23.5 Å². The Kier molecular flexibility index (Phi) is 3.43. The number of imidazole rings is 1. The van der Waals surface area contributed by atoms with Crippen LogP contribution >= 0.6 is 19.4 Å². The van der Waals surface area contributed by atoms with Gasteiger partial charge in [-0.2, -0.15) is 0 Å². The van der Waals surface area contributed by atoms with Crippen LogP contribution in [-0.2, 0) is 15.8 Å². The molecule has 0 bridgehead atoms. The summed E-state index contributed by atoms with van der Waals surface area (Å²) in [5, 5.41) is -1.21. The highest BCUT2D eigenvalue weighted by Crippen LogP contribution is 2.48. The molecule has 1 fully saturated rings. The SMILES string of the molecule is Nc1ncnc2c1ncn2CC1CSC(P(=O)([O-])O)O1. The van der Waals surface area contributed by atoms with Crippen molar-refractivity contribution in [3.63, 3.8) is 0 Å². The average molecular weight is 316 g/mol. The highest BCUT2D eigenvalue weighted by Gasteiger charge is 2.33. The van der Waals surface area contributed by atoms with E-state index >= 15 is 0 Å². The minimum absolute atomic E-state index is 0.285. The summed E-state index contributed by atoms with van der Waals surface area (Å²) in [4.78, 5) is 32.0. The van der Waals surface area contributed by atoms with E-state index in [1.165, 1.54) is 6.33 Å². The number of anilines is 1. The van der Waals surface area contributed by atoms with Gasteiger partial charge in [0.05, 0.1) is 19.0 Å². The van der Waals surface area contributed by atoms with Crippen LogP contribution in [-0.4, -0.2) is 41.4 Å². The summed E-state index contributed by atoms with van der Waals surface area (Å²) in [7, 11) is -4.48. The number of fused-ring (bicyclic) bond motifs is 1. The zero-order chi connectivity index (χ0) is 14.3. The quantitative estimate of drug-likeness (QED) is 0.708. The molecule has 2 aromatic rings. The van der Waals surface area contributed by atoms with Gasteiger partial charge in [0.25, 0.3) is 0 Å². The van der Waals surface area contributed by atoms with Gasteiger partial charge in [-0.3, -0.25) is 0 Å². The molecule has 3 atom stereocenters. The van der Waals surface area contributed by atoms with E-state index in [0.717, 1.165) is 11.8 Å². The van der Waals surface area contributed by atoms with E-state index in [4.69, 9.17) is 15.4 Å². The van der Waals surface area contributed by atoms with Crippen molar-refractivity contribution in [1.82, 2.24) is 19.5 Å². The summed E-state index contributed by atoms with van der Waals surface area (Å²) in [6.07, 6.45) is 2.53. The van der Waals surface area contributed by atoms with Gasteiger partial charge in [0.15, 0.2) is 24.2 Å². The lowest BCUT2D eigenvalue weighted by molar-refractivity contribution is -0.201. The molecule has 0 aromatic carbocycles. The fourth-order valence-corrected chi connectivity index (χ4v) is 4.09. The number of rotatable bonds is 3. The normalized spacial score (nSPS) is 25.9. The lowest BCUT2D eigenvalue weighted by atomic mass is 10.4. The van der Waals surface area contributed by atoms with Crippen LogP contribution in [0.1, 0.15) is 0 Å². The van der Waals surface area contributed by atoms with Crippen LogP contribution in [0.5, 0.6) is 0 Å². The molecule has 3 heterocycles. The molecule has 20 heavy (non-hydrogen) atoms. The number of aromatic nitrogens is 4. The van der Waals surface area contributed by atoms with E-state index in [2.05, 4.69) is 15.0 Å². The van der Waals surface area contributed by atoms with E-state index in [9.17, 15) is 9.46 Å². The molecule has 108 valence electrons. The first-order chi connectivity index (χ1) is 9.45. The number of ether oxygens (including phenoxy) is 1. The molecule has 0 spiro atoms. The van der Waals surface area contributed by atoms with Crippen LogP contribution in [0.3, 0.4) is 0 Å². The first-order valence-electron chi connectivity index (χ1n) is 5.67. The number of nitrogens with zero attached hydrogens (tertiary/aromatic N) is 4. The Morgan fingerprint density at radius 1 is 1.60 bits per heavy atom. The first kappa shape index (κ1) is 13.8. The predicted octanol–water partition coefficient (Wildman–Crippen LogP) is -0.630. The van der Waals surface area contributed by atoms with Gasteiger partial charge in [-0.05, 0) is 0 Å². The Bertz CT molecular complexity index is 688. The highest BCUT2D eigenvalue weighted by atomic mass is 32.2. The zero-order valence-corrected chi connectivity index (χ0v) is 11.8. The first-order valence-corrected chi connectivity index (χ1v) is 8.36. The third kappa shape index (κ3) is 2.52. The Morgan fingerprint density at radius 3 is 3.10 bits per heavy atom. The fraction of sp³-hybridized carbons (Fsp3) is 0.444. The number of thioether (sulfide) groups is 1. The number of nitrogen functional groups attached to an aromatic ring is 1. The van der Waals surface area contributed by atoms with E-state index in [-0.39, 0.29) is 11.9 Å². The largest absolute Gasteiger partial charge is 0.776 e. The van der Waals surface area contributed by atoms with Crippen molar-refractivity contribution in [1.29, 1.82) is 0 Å². The molecule has 0 aliphatic carbocycles. The maximum absolute atomic E-state index is 11.0. The molecule has 11 heteroatoms. The third-order valence-electron chi connectivity index (χ3n) is 2.83. The summed E-state index contributed by atoms with van der Waals surface area (Å²) in [6, 6.07) is 0. The van der Waals surface area contributed by atoms with Gasteiger partial charge in [0.2, 0.25) is 0 Å². The molecule has 3 N–H and O–H groups in total. The van der Waals surface area contributed by atoms with Crippen LogP contribution < -0.4 is 10.6 Å². The summed E-state index contributed by atoms with van der Waals surface area (Å²) >= 11 is 1.05. The third-order valence-corrected chi connectivity index (χ3v) is 5.69. The Balaban J connectivity index is 1.78. The van der Waals surface area contributed by atoms with Gasteiger partial charge in [0, 0.05) is 5.75 Å². The molecule has 0 radical (unpaired) electrons. The molecule has 1 aliphatic heterocycles. The molecule has 3 rings (SSSR count). The monoisotopic (exact) mass is 316 g/mol. The summed E-state index contributed by atoms with van der Waals surface area (Å²) < 4.78 is 18.0. The fourth-order valence-electron chi connectivity index (χ4n) is 1.95. The summed E-state index contributed by atoms with van der Waals surface area (Å²) in [5.74, 6) is 0.741. The van der Waals surface area contributed by atoms with Gasteiger partial charge < -0.3 is 29.4 Å². The predicted molar refractivity (Wildman–Crippen MR) is 70.7 cm³/mol. The topological polar surface area (TPSA) is 139 Å². The van der Waals surface area contributed by atoms with Crippen molar-refractivity contribution in [3.05, 3.63) is 12.7 Å². The van der Waals surface area contributed by atoms with Crippen molar-refractivity contribution < 1.29 is 19.1 Å². The number of nitrogens with two attached hydrogens (primary N) is 1. The smallest absolute Gasteiger partial charge is 0.171 e. The van der Waals surface area contributed by atoms with Crippen LogP contribution in [0.4, 0.5) is 5.82 Å². The van der Waals surface area contributed by atoms with E-state index in [1.54, 1.807) is 10.9 Å². The Labute approximate surface area is 117 Å². The number of hydrogen-bond acceptors (Lipinski definition) is 8. The molecular formula is C9H11N5O4PS-. The van der Waals surface area contributed by atoms with Crippen molar-refractivity contribution in [2.45, 2.75) is 17.8 Å². The van der Waals surface area contributed by atoms with Gasteiger partial charge in [-0.1, -0.05) is 0 Å². The van der Waals surface area contributed by atoms with Crippen LogP contribution in [0.2, 0.25) is 0 Å². The lowest BCUT2D eigenvalue weighted by Crippen LogP contribution is -2.21. The van der Waals surface area contributed by atoms with Crippen molar-refractivity contribution >= 4 is 36.3 Å². The maximum atomic E-state index is 11.0. The van der Waals surface area contributed by atoms with E-state index in [1.807, 2.05) is 0 Å². The molecule has 9 nitrogen and oxygen atoms in total. The standard InChI is InChI=1S/C9H12N5O4PS/c10-7-6-8(12-3-11-7)14(4-13-6)1-5-2-20-9(18-5)19(15,16)17/h3-5,9H,1-2H2,(H2,10,11,12)(H2,15,16,17)/p-1. The molecule has 1 aliphatic rings. The summed E-state index contributed by atoms with van der Waals surface area (Å²) in [5.41, 5.74) is 6.73. The Hall–Kier alpha value is -1.19. The van der Waals surface area contributed by atoms with Gasteiger partial charge in [-0.25, -0.2) is 15.0 Å². The second-order valence-corrected chi connectivity index (χ2v) is 7.33. The molecule has 3 unspecified atom stereocenters. The maximum Gasteiger partial charge on any atom is 0.171 e. The molecular weight excluding hydrogens is 305 g/mol. The van der Waals surface area contributed by atoms with E-state index < -0.39 is 12.8 Å².